The topological polar surface area (TPSA) is 49.9 Å². The van der Waals surface area contributed by atoms with Crippen molar-refractivity contribution in [2.45, 2.75) is 39.2 Å². The van der Waals surface area contributed by atoms with Crippen LogP contribution in [0.3, 0.4) is 0 Å². The second-order valence-electron chi connectivity index (χ2n) is 6.77. The third-order valence-corrected chi connectivity index (χ3v) is 5.05. The summed E-state index contributed by atoms with van der Waals surface area (Å²) in [5.74, 6) is 0.150. The molecular formula is C19H26N2O3. The van der Waals surface area contributed by atoms with Crippen LogP contribution >= 0.6 is 0 Å². The lowest BCUT2D eigenvalue weighted by Gasteiger charge is -2.24. The Balaban J connectivity index is 1.63. The van der Waals surface area contributed by atoms with E-state index in [4.69, 9.17) is 4.74 Å². The Bertz CT molecular complexity index is 623. The molecule has 2 amide bonds. The number of carbonyl (C=O) groups is 2. The molecule has 0 aromatic heterocycles. The van der Waals surface area contributed by atoms with Crippen molar-refractivity contribution >= 4 is 11.8 Å². The summed E-state index contributed by atoms with van der Waals surface area (Å²) in [4.78, 5) is 29.0. The van der Waals surface area contributed by atoms with Crippen molar-refractivity contribution in [2.24, 2.45) is 0 Å². The highest BCUT2D eigenvalue weighted by molar-refractivity contribution is 5.94. The zero-order valence-electron chi connectivity index (χ0n) is 14.6. The first-order chi connectivity index (χ1) is 11.6. The average molecular weight is 330 g/mol. The molecule has 1 aromatic rings. The van der Waals surface area contributed by atoms with Gasteiger partial charge in [0.05, 0.1) is 0 Å². The van der Waals surface area contributed by atoms with E-state index >= 15 is 0 Å². The number of hydrogen-bond acceptors (Lipinski definition) is 3. The summed E-state index contributed by atoms with van der Waals surface area (Å²) in [7, 11) is 0. The number of hydrogen-bond donors (Lipinski definition) is 0. The average Bonchev–Trinajstić information content (AvgIpc) is 3.00. The molecule has 3 rings (SSSR count). The number of rotatable bonds is 2. The maximum atomic E-state index is 12.7. The van der Waals surface area contributed by atoms with E-state index in [1.54, 1.807) is 0 Å². The van der Waals surface area contributed by atoms with E-state index in [-0.39, 0.29) is 17.9 Å². The van der Waals surface area contributed by atoms with E-state index in [0.717, 1.165) is 30.4 Å². The van der Waals surface area contributed by atoms with E-state index in [1.165, 1.54) is 5.56 Å². The van der Waals surface area contributed by atoms with Gasteiger partial charge >= 0.3 is 0 Å². The SMILES string of the molecule is Cc1ccc(C(=O)N2CCCN(C(=O)C3CCCO3)CC2)cc1C. The summed E-state index contributed by atoms with van der Waals surface area (Å²) in [5.41, 5.74) is 3.05. The van der Waals surface area contributed by atoms with E-state index in [2.05, 4.69) is 0 Å². The van der Waals surface area contributed by atoms with E-state index in [0.29, 0.717) is 32.8 Å². The largest absolute Gasteiger partial charge is 0.368 e. The van der Waals surface area contributed by atoms with Gasteiger partial charge in [-0.2, -0.15) is 0 Å². The van der Waals surface area contributed by atoms with Crippen molar-refractivity contribution in [3.8, 4) is 0 Å². The second kappa shape index (κ2) is 7.34. The fraction of sp³-hybridized carbons (Fsp3) is 0.579. The second-order valence-corrected chi connectivity index (χ2v) is 6.77. The summed E-state index contributed by atoms with van der Waals surface area (Å²) in [5, 5.41) is 0. The Labute approximate surface area is 143 Å². The molecule has 0 bridgehead atoms. The minimum Gasteiger partial charge on any atom is -0.368 e. The number of benzene rings is 1. The van der Waals surface area contributed by atoms with E-state index < -0.39 is 0 Å². The molecule has 24 heavy (non-hydrogen) atoms. The van der Waals surface area contributed by atoms with Crippen LogP contribution in [0.15, 0.2) is 18.2 Å². The third kappa shape index (κ3) is 3.61. The van der Waals surface area contributed by atoms with Crippen LogP contribution in [0.1, 0.15) is 40.7 Å². The van der Waals surface area contributed by atoms with Crippen molar-refractivity contribution in [2.75, 3.05) is 32.8 Å². The Morgan fingerprint density at radius 1 is 1.00 bits per heavy atom. The van der Waals surface area contributed by atoms with Crippen molar-refractivity contribution in [3.05, 3.63) is 34.9 Å². The van der Waals surface area contributed by atoms with Crippen LogP contribution in [0.25, 0.3) is 0 Å². The van der Waals surface area contributed by atoms with Crippen molar-refractivity contribution in [1.29, 1.82) is 0 Å². The molecule has 0 radical (unpaired) electrons. The molecule has 0 spiro atoms. The van der Waals surface area contributed by atoms with Gasteiger partial charge in [0.15, 0.2) is 0 Å². The molecule has 1 atom stereocenters. The Kier molecular flexibility index (Phi) is 5.19. The van der Waals surface area contributed by atoms with E-state index in [9.17, 15) is 9.59 Å². The molecule has 2 fully saturated rings. The Morgan fingerprint density at radius 2 is 1.75 bits per heavy atom. The maximum absolute atomic E-state index is 12.7. The van der Waals surface area contributed by atoms with Gasteiger partial charge in [0, 0.05) is 38.3 Å². The van der Waals surface area contributed by atoms with Crippen LogP contribution in [-0.2, 0) is 9.53 Å². The summed E-state index contributed by atoms with van der Waals surface area (Å²) >= 11 is 0. The molecule has 2 aliphatic rings. The predicted octanol–water partition coefficient (Wildman–Crippen LogP) is 2.16. The zero-order chi connectivity index (χ0) is 17.1. The molecule has 2 heterocycles. The molecule has 0 N–H and O–H groups in total. The highest BCUT2D eigenvalue weighted by Gasteiger charge is 2.30. The molecule has 5 heteroatoms. The first-order valence-corrected chi connectivity index (χ1v) is 8.83. The standard InChI is InChI=1S/C19H26N2O3/c1-14-6-7-16(13-15(14)2)18(22)20-8-4-9-21(11-10-20)19(23)17-5-3-12-24-17/h6-7,13,17H,3-5,8-12H2,1-2H3. The zero-order valence-corrected chi connectivity index (χ0v) is 14.6. The Hall–Kier alpha value is -1.88. The Morgan fingerprint density at radius 3 is 2.46 bits per heavy atom. The molecule has 1 unspecified atom stereocenters. The van der Waals surface area contributed by atoms with Gasteiger partial charge in [-0.1, -0.05) is 6.07 Å². The molecule has 2 saturated heterocycles. The number of aryl methyl sites for hydroxylation is 2. The van der Waals surface area contributed by atoms with Gasteiger partial charge in [-0.3, -0.25) is 9.59 Å². The number of carbonyl (C=O) groups excluding carboxylic acids is 2. The lowest BCUT2D eigenvalue weighted by molar-refractivity contribution is -0.140. The predicted molar refractivity (Wildman–Crippen MR) is 92.0 cm³/mol. The van der Waals surface area contributed by atoms with Gasteiger partial charge in [-0.15, -0.1) is 0 Å². The molecular weight excluding hydrogens is 304 g/mol. The van der Waals surface area contributed by atoms with Gasteiger partial charge in [0.25, 0.3) is 11.8 Å². The minimum atomic E-state index is -0.271. The van der Waals surface area contributed by atoms with Crippen LogP contribution in [0.2, 0.25) is 0 Å². The van der Waals surface area contributed by atoms with Crippen molar-refractivity contribution in [1.82, 2.24) is 9.80 Å². The summed E-state index contributed by atoms with van der Waals surface area (Å²) in [6.45, 7) is 7.33. The van der Waals surface area contributed by atoms with Crippen molar-refractivity contribution < 1.29 is 14.3 Å². The smallest absolute Gasteiger partial charge is 0.253 e. The fourth-order valence-corrected chi connectivity index (χ4v) is 3.37. The maximum Gasteiger partial charge on any atom is 0.253 e. The quantitative estimate of drug-likeness (QED) is 0.835. The van der Waals surface area contributed by atoms with Gasteiger partial charge in [0.2, 0.25) is 0 Å². The van der Waals surface area contributed by atoms with Gasteiger partial charge in [-0.05, 0) is 56.4 Å². The number of amides is 2. The molecule has 5 nitrogen and oxygen atoms in total. The highest BCUT2D eigenvalue weighted by Crippen LogP contribution is 2.17. The number of nitrogens with zero attached hydrogens (tertiary/aromatic N) is 2. The fourth-order valence-electron chi connectivity index (χ4n) is 3.37. The van der Waals surface area contributed by atoms with Crippen molar-refractivity contribution in [3.63, 3.8) is 0 Å². The molecule has 1 aromatic carbocycles. The van der Waals surface area contributed by atoms with Crippen LogP contribution in [0.4, 0.5) is 0 Å². The monoisotopic (exact) mass is 330 g/mol. The van der Waals surface area contributed by atoms with Gasteiger partial charge < -0.3 is 14.5 Å². The summed E-state index contributed by atoms with van der Waals surface area (Å²) in [6.07, 6.45) is 2.32. The molecule has 0 aliphatic carbocycles. The van der Waals surface area contributed by atoms with Crippen LogP contribution < -0.4 is 0 Å². The number of ether oxygens (including phenoxy) is 1. The summed E-state index contributed by atoms with van der Waals surface area (Å²) in [6, 6.07) is 5.84. The molecule has 2 aliphatic heterocycles. The highest BCUT2D eigenvalue weighted by atomic mass is 16.5. The third-order valence-electron chi connectivity index (χ3n) is 5.05. The normalized spacial score (nSPS) is 21.7. The lowest BCUT2D eigenvalue weighted by atomic mass is 10.1. The summed E-state index contributed by atoms with van der Waals surface area (Å²) < 4.78 is 5.50. The first-order valence-electron chi connectivity index (χ1n) is 8.83. The molecule has 130 valence electrons. The van der Waals surface area contributed by atoms with Crippen LogP contribution in [-0.4, -0.2) is 60.5 Å². The van der Waals surface area contributed by atoms with E-state index in [1.807, 2.05) is 41.8 Å². The lowest BCUT2D eigenvalue weighted by Crippen LogP contribution is -2.41. The first kappa shape index (κ1) is 17.0. The van der Waals surface area contributed by atoms with Gasteiger partial charge in [0.1, 0.15) is 6.10 Å². The molecule has 0 saturated carbocycles. The van der Waals surface area contributed by atoms with Gasteiger partial charge in [-0.25, -0.2) is 0 Å². The van der Waals surface area contributed by atoms with Crippen LogP contribution in [0.5, 0.6) is 0 Å². The van der Waals surface area contributed by atoms with Crippen LogP contribution in [0, 0.1) is 13.8 Å². The minimum absolute atomic E-state index is 0.0597.